The van der Waals surface area contributed by atoms with E-state index in [1.165, 1.54) is 0 Å². The number of anilines is 3. The minimum Gasteiger partial charge on any atom is -0.385 e. The van der Waals surface area contributed by atoms with Gasteiger partial charge in [-0.2, -0.15) is 0 Å². The molecule has 0 saturated carbocycles. The van der Waals surface area contributed by atoms with Gasteiger partial charge in [-0.1, -0.05) is 19.1 Å². The number of rotatable bonds is 11. The summed E-state index contributed by atoms with van der Waals surface area (Å²) in [6.45, 7) is 2.92. The van der Waals surface area contributed by atoms with Crippen LogP contribution in [-0.2, 0) is 14.3 Å². The lowest BCUT2D eigenvalue weighted by molar-refractivity contribution is -0.116. The highest BCUT2D eigenvalue weighted by Gasteiger charge is 2.08. The van der Waals surface area contributed by atoms with Gasteiger partial charge in [0.15, 0.2) is 0 Å². The fraction of sp³-hybridized carbons (Fsp3) is 0.318. The smallest absolute Gasteiger partial charge is 0.251 e. The molecule has 8 nitrogen and oxygen atoms in total. The molecule has 2 aromatic carbocycles. The summed E-state index contributed by atoms with van der Waals surface area (Å²) in [7, 11) is 1.61. The maximum absolute atomic E-state index is 12.3. The van der Waals surface area contributed by atoms with Crippen LogP contribution in [0.25, 0.3) is 0 Å². The Labute approximate surface area is 176 Å². The van der Waals surface area contributed by atoms with Crippen molar-refractivity contribution < 1.29 is 19.1 Å². The SMILES string of the molecule is CCC(=O)Nc1cccc(NCC(=O)Nc2cccc(C(=O)NCCCOC)c2)c1. The number of hydrogen-bond acceptors (Lipinski definition) is 5. The van der Waals surface area contributed by atoms with E-state index in [1.807, 2.05) is 6.07 Å². The predicted octanol–water partition coefficient (Wildman–Crippen LogP) is 2.85. The van der Waals surface area contributed by atoms with Crippen molar-refractivity contribution in [3.8, 4) is 0 Å². The molecule has 2 rings (SSSR count). The fourth-order valence-corrected chi connectivity index (χ4v) is 2.60. The molecular formula is C22H28N4O4. The molecule has 8 heteroatoms. The van der Waals surface area contributed by atoms with Gasteiger partial charge in [-0.05, 0) is 42.8 Å². The second-order valence-corrected chi connectivity index (χ2v) is 6.57. The van der Waals surface area contributed by atoms with E-state index >= 15 is 0 Å². The number of hydrogen-bond donors (Lipinski definition) is 4. The molecule has 0 fully saturated rings. The van der Waals surface area contributed by atoms with Gasteiger partial charge in [-0.15, -0.1) is 0 Å². The molecule has 0 aliphatic carbocycles. The maximum Gasteiger partial charge on any atom is 0.251 e. The summed E-state index contributed by atoms with van der Waals surface area (Å²) in [5.74, 6) is -0.533. The Morgan fingerprint density at radius 1 is 0.900 bits per heavy atom. The van der Waals surface area contributed by atoms with Crippen LogP contribution >= 0.6 is 0 Å². The van der Waals surface area contributed by atoms with Crippen LogP contribution in [0.15, 0.2) is 48.5 Å². The monoisotopic (exact) mass is 412 g/mol. The number of nitrogens with one attached hydrogen (secondary N) is 4. The summed E-state index contributed by atoms with van der Waals surface area (Å²) in [5.41, 5.74) is 2.38. The van der Waals surface area contributed by atoms with Gasteiger partial charge >= 0.3 is 0 Å². The highest BCUT2D eigenvalue weighted by atomic mass is 16.5. The summed E-state index contributed by atoms with van der Waals surface area (Å²) >= 11 is 0. The van der Waals surface area contributed by atoms with Gasteiger partial charge in [0.25, 0.3) is 5.91 Å². The van der Waals surface area contributed by atoms with Crippen LogP contribution in [0, 0.1) is 0 Å². The van der Waals surface area contributed by atoms with Gasteiger partial charge in [0.05, 0.1) is 6.54 Å². The molecule has 3 amide bonds. The molecule has 0 radical (unpaired) electrons. The predicted molar refractivity (Wildman–Crippen MR) is 118 cm³/mol. The second kappa shape index (κ2) is 12.2. The van der Waals surface area contributed by atoms with E-state index < -0.39 is 0 Å². The summed E-state index contributed by atoms with van der Waals surface area (Å²) in [5, 5.41) is 11.4. The lowest BCUT2D eigenvalue weighted by atomic mass is 10.2. The van der Waals surface area contributed by atoms with Gasteiger partial charge in [0, 0.05) is 49.3 Å². The number of amides is 3. The molecule has 0 bridgehead atoms. The molecule has 30 heavy (non-hydrogen) atoms. The molecule has 0 aliphatic heterocycles. The topological polar surface area (TPSA) is 109 Å². The van der Waals surface area contributed by atoms with Crippen LogP contribution in [0.3, 0.4) is 0 Å². The quantitative estimate of drug-likeness (QED) is 0.425. The first-order chi connectivity index (χ1) is 14.5. The number of carbonyl (C=O) groups excluding carboxylic acids is 3. The minimum absolute atomic E-state index is 0.0403. The highest BCUT2D eigenvalue weighted by molar-refractivity contribution is 5.98. The number of methoxy groups -OCH3 is 1. The first-order valence-electron chi connectivity index (χ1n) is 9.82. The van der Waals surface area contributed by atoms with E-state index in [0.29, 0.717) is 42.2 Å². The lowest BCUT2D eigenvalue weighted by Gasteiger charge is -2.11. The van der Waals surface area contributed by atoms with Crippen molar-refractivity contribution in [1.29, 1.82) is 0 Å². The Morgan fingerprint density at radius 3 is 2.30 bits per heavy atom. The van der Waals surface area contributed by atoms with Gasteiger partial charge in [0.1, 0.15) is 0 Å². The van der Waals surface area contributed by atoms with Gasteiger partial charge in [0.2, 0.25) is 11.8 Å². The van der Waals surface area contributed by atoms with Crippen LogP contribution in [0.4, 0.5) is 17.1 Å². The van der Waals surface area contributed by atoms with Gasteiger partial charge in [-0.25, -0.2) is 0 Å². The van der Waals surface area contributed by atoms with Crippen LogP contribution in [0.1, 0.15) is 30.1 Å². The van der Waals surface area contributed by atoms with E-state index in [0.717, 1.165) is 6.42 Å². The lowest BCUT2D eigenvalue weighted by Crippen LogP contribution is -2.25. The summed E-state index contributed by atoms with van der Waals surface area (Å²) in [4.78, 5) is 35.9. The van der Waals surface area contributed by atoms with Crippen LogP contribution in [0.2, 0.25) is 0 Å². The molecule has 0 aliphatic rings. The zero-order valence-corrected chi connectivity index (χ0v) is 17.3. The number of benzene rings is 2. The third-order valence-corrected chi connectivity index (χ3v) is 4.14. The number of ether oxygens (including phenoxy) is 1. The third-order valence-electron chi connectivity index (χ3n) is 4.14. The molecule has 4 N–H and O–H groups in total. The molecule has 0 unspecified atom stereocenters. The van der Waals surface area contributed by atoms with Crippen LogP contribution in [0.5, 0.6) is 0 Å². The van der Waals surface area contributed by atoms with E-state index in [-0.39, 0.29) is 24.3 Å². The molecule has 0 atom stereocenters. The molecule has 0 saturated heterocycles. The average molecular weight is 412 g/mol. The third kappa shape index (κ3) is 7.92. The Kier molecular flexibility index (Phi) is 9.33. The van der Waals surface area contributed by atoms with Crippen molar-refractivity contribution in [2.45, 2.75) is 19.8 Å². The second-order valence-electron chi connectivity index (χ2n) is 6.57. The van der Waals surface area contributed by atoms with Crippen molar-refractivity contribution >= 4 is 34.8 Å². The van der Waals surface area contributed by atoms with Gasteiger partial charge < -0.3 is 26.0 Å². The van der Waals surface area contributed by atoms with Crippen LogP contribution in [-0.4, -0.2) is 44.5 Å². The summed E-state index contributed by atoms with van der Waals surface area (Å²) in [6.07, 6.45) is 1.12. The largest absolute Gasteiger partial charge is 0.385 e. The van der Waals surface area contributed by atoms with E-state index in [2.05, 4.69) is 21.3 Å². The first kappa shape index (κ1) is 22.9. The standard InChI is InChI=1S/C22H28N4O4/c1-3-20(27)25-19-10-5-8-17(14-19)24-15-21(28)26-18-9-4-7-16(13-18)22(29)23-11-6-12-30-2/h4-5,7-10,13-14,24H,3,6,11-12,15H2,1-2H3,(H,23,29)(H,25,27)(H,26,28). The number of carbonyl (C=O) groups is 3. The average Bonchev–Trinajstić information content (AvgIpc) is 2.75. The van der Waals surface area contributed by atoms with Crippen molar-refractivity contribution in [3.05, 3.63) is 54.1 Å². The Hall–Kier alpha value is -3.39. The van der Waals surface area contributed by atoms with E-state index in [4.69, 9.17) is 4.74 Å². The van der Waals surface area contributed by atoms with Crippen molar-refractivity contribution in [2.75, 3.05) is 42.8 Å². The molecule has 0 spiro atoms. The summed E-state index contributed by atoms with van der Waals surface area (Å²) in [6, 6.07) is 13.9. The zero-order chi connectivity index (χ0) is 21.8. The normalized spacial score (nSPS) is 10.2. The molecule has 160 valence electrons. The molecule has 0 heterocycles. The van der Waals surface area contributed by atoms with Crippen LogP contribution < -0.4 is 21.3 Å². The van der Waals surface area contributed by atoms with E-state index in [1.54, 1.807) is 56.5 Å². The zero-order valence-electron chi connectivity index (χ0n) is 17.3. The minimum atomic E-state index is -0.254. The Morgan fingerprint density at radius 2 is 1.57 bits per heavy atom. The molecule has 2 aromatic rings. The molecular weight excluding hydrogens is 384 g/mol. The first-order valence-corrected chi connectivity index (χ1v) is 9.82. The van der Waals surface area contributed by atoms with Gasteiger partial charge in [-0.3, -0.25) is 14.4 Å². The van der Waals surface area contributed by atoms with Crippen molar-refractivity contribution in [1.82, 2.24) is 5.32 Å². The molecule has 0 aromatic heterocycles. The highest BCUT2D eigenvalue weighted by Crippen LogP contribution is 2.15. The van der Waals surface area contributed by atoms with Crippen molar-refractivity contribution in [2.24, 2.45) is 0 Å². The fourth-order valence-electron chi connectivity index (χ4n) is 2.60. The Balaban J connectivity index is 1.86. The maximum atomic E-state index is 12.3. The van der Waals surface area contributed by atoms with E-state index in [9.17, 15) is 14.4 Å². The summed E-state index contributed by atoms with van der Waals surface area (Å²) < 4.78 is 4.95. The Bertz CT molecular complexity index is 870. The van der Waals surface area contributed by atoms with Crippen molar-refractivity contribution in [3.63, 3.8) is 0 Å².